The Bertz CT molecular complexity index is 268. The average Bonchev–Trinajstić information content (AvgIpc) is 2.33. The molecule has 0 saturated carbocycles. The van der Waals surface area contributed by atoms with Crippen LogP contribution in [0.25, 0.3) is 0 Å². The molecule has 2 rings (SSSR count). The molecule has 1 N–H and O–H groups in total. The molecule has 51 valence electrons. The van der Waals surface area contributed by atoms with Gasteiger partial charge < -0.3 is 5.32 Å². The first kappa shape index (κ1) is 5.73. The summed E-state index contributed by atoms with van der Waals surface area (Å²) in [5.41, 5.74) is 0.828. The second kappa shape index (κ2) is 1.98. The van der Waals surface area contributed by atoms with E-state index in [9.17, 15) is 4.79 Å². The van der Waals surface area contributed by atoms with Gasteiger partial charge in [0.2, 0.25) is 0 Å². The van der Waals surface area contributed by atoms with Crippen LogP contribution in [0.3, 0.4) is 0 Å². The van der Waals surface area contributed by atoms with Gasteiger partial charge in [-0.25, -0.2) is 4.79 Å². The zero-order valence-electron chi connectivity index (χ0n) is 5.13. The van der Waals surface area contributed by atoms with Crippen LogP contribution in [0.1, 0.15) is 4.88 Å². The van der Waals surface area contributed by atoms with Gasteiger partial charge in [0.15, 0.2) is 0 Å². The number of nitrogens with one attached hydrogen (secondary N) is 1. The molecule has 0 fully saturated rings. The first-order valence-corrected chi connectivity index (χ1v) is 3.80. The molecule has 1 aromatic heterocycles. The van der Waals surface area contributed by atoms with Gasteiger partial charge in [-0.1, -0.05) is 0 Å². The van der Waals surface area contributed by atoms with E-state index in [1.165, 1.54) is 0 Å². The Morgan fingerprint density at radius 3 is 3.50 bits per heavy atom. The van der Waals surface area contributed by atoms with E-state index < -0.39 is 0 Å². The lowest BCUT2D eigenvalue weighted by atomic mass is 10.3. The van der Waals surface area contributed by atoms with Crippen molar-refractivity contribution in [2.24, 2.45) is 0 Å². The normalized spacial score (nSPS) is 15.4. The fourth-order valence-electron chi connectivity index (χ4n) is 0.871. The summed E-state index contributed by atoms with van der Waals surface area (Å²) in [4.78, 5) is 11.8. The van der Waals surface area contributed by atoms with Crippen molar-refractivity contribution in [1.29, 1.82) is 0 Å². The van der Waals surface area contributed by atoms with Crippen molar-refractivity contribution in [3.8, 4) is 0 Å². The van der Waals surface area contributed by atoms with Crippen molar-refractivity contribution in [2.45, 2.75) is 6.54 Å². The minimum atomic E-state index is -0.231. The van der Waals surface area contributed by atoms with Crippen LogP contribution in [-0.2, 0) is 6.54 Å². The lowest BCUT2D eigenvalue weighted by Crippen LogP contribution is -2.31. The summed E-state index contributed by atoms with van der Waals surface area (Å²) >= 11 is 1.62. The highest BCUT2D eigenvalue weighted by Crippen LogP contribution is 2.24. The molecule has 3 nitrogen and oxygen atoms in total. The summed E-state index contributed by atoms with van der Waals surface area (Å²) in [7, 11) is 0. The topological polar surface area (TPSA) is 43.2 Å². The van der Waals surface area contributed by atoms with Crippen molar-refractivity contribution < 1.29 is 4.79 Å². The van der Waals surface area contributed by atoms with Gasteiger partial charge in [0.25, 0.3) is 0 Å². The summed E-state index contributed by atoms with van der Waals surface area (Å²) in [6, 6.07) is 1.63. The third kappa shape index (κ3) is 0.769. The van der Waals surface area contributed by atoms with Crippen LogP contribution in [0.4, 0.5) is 10.5 Å². The van der Waals surface area contributed by atoms with Crippen molar-refractivity contribution in [2.75, 3.05) is 0 Å². The highest BCUT2D eigenvalue weighted by molar-refractivity contribution is 7.10. The van der Waals surface area contributed by atoms with Crippen molar-refractivity contribution in [3.63, 3.8) is 0 Å². The number of rotatable bonds is 0. The number of hydrogen-bond acceptors (Lipinski definition) is 2. The molecule has 0 atom stereocenters. The fraction of sp³-hybridized carbons (Fsp3) is 0.167. The number of carbonyl (C=O) groups excluding carboxylic acids is 1. The largest absolute Gasteiger partial charge is 0.341 e. The van der Waals surface area contributed by atoms with Crippen LogP contribution in [0, 0.1) is 0 Å². The van der Waals surface area contributed by atoms with Crippen LogP contribution < -0.4 is 10.6 Å². The number of nitrogens with zero attached hydrogens (tertiary/aromatic N) is 1. The molecule has 2 amide bonds. The van der Waals surface area contributed by atoms with Crippen molar-refractivity contribution >= 4 is 23.1 Å². The zero-order valence-corrected chi connectivity index (χ0v) is 5.94. The van der Waals surface area contributed by atoms with Crippen LogP contribution in [0.15, 0.2) is 11.4 Å². The molecule has 0 spiro atoms. The van der Waals surface area contributed by atoms with Crippen LogP contribution in [0.5, 0.6) is 0 Å². The molecule has 2 heterocycles. The number of thiophene rings is 1. The van der Waals surface area contributed by atoms with E-state index in [0.29, 0.717) is 6.54 Å². The van der Waals surface area contributed by atoms with Gasteiger partial charge >= 0.3 is 6.03 Å². The summed E-state index contributed by atoms with van der Waals surface area (Å²) in [5, 5.41) is 8.33. The molecular formula is C6H5N2OS. The van der Waals surface area contributed by atoms with Crippen LogP contribution in [-0.4, -0.2) is 6.03 Å². The molecule has 0 saturated heterocycles. The molecule has 0 bridgehead atoms. The highest BCUT2D eigenvalue weighted by atomic mass is 32.1. The highest BCUT2D eigenvalue weighted by Gasteiger charge is 2.15. The maximum absolute atomic E-state index is 10.7. The van der Waals surface area contributed by atoms with E-state index in [4.69, 9.17) is 0 Å². The number of fused-ring (bicyclic) bond motifs is 1. The van der Waals surface area contributed by atoms with Gasteiger partial charge in [0.1, 0.15) is 0 Å². The van der Waals surface area contributed by atoms with E-state index >= 15 is 0 Å². The summed E-state index contributed by atoms with van der Waals surface area (Å²) in [6.07, 6.45) is 0. The molecular weight excluding hydrogens is 148 g/mol. The lowest BCUT2D eigenvalue weighted by Gasteiger charge is -2.10. The Hall–Kier alpha value is -1.03. The van der Waals surface area contributed by atoms with Gasteiger partial charge in [-0.2, -0.15) is 5.32 Å². The molecule has 0 unspecified atom stereocenters. The zero-order chi connectivity index (χ0) is 6.97. The molecule has 0 aliphatic carbocycles. The molecule has 1 aromatic rings. The first-order chi connectivity index (χ1) is 4.86. The predicted octanol–water partition coefficient (Wildman–Crippen LogP) is 1.21. The first-order valence-electron chi connectivity index (χ1n) is 2.92. The van der Waals surface area contributed by atoms with Crippen LogP contribution in [0.2, 0.25) is 0 Å². The van der Waals surface area contributed by atoms with E-state index in [-0.39, 0.29) is 6.03 Å². The van der Waals surface area contributed by atoms with E-state index in [1.54, 1.807) is 11.3 Å². The van der Waals surface area contributed by atoms with Crippen molar-refractivity contribution in [1.82, 2.24) is 10.6 Å². The molecule has 4 heteroatoms. The summed E-state index contributed by atoms with van der Waals surface area (Å²) in [5.74, 6) is 0. The fourth-order valence-corrected chi connectivity index (χ4v) is 1.62. The Morgan fingerprint density at radius 1 is 1.70 bits per heavy atom. The second-order valence-corrected chi connectivity index (χ2v) is 3.00. The molecule has 0 aromatic carbocycles. The van der Waals surface area contributed by atoms with Gasteiger partial charge in [0.05, 0.1) is 12.2 Å². The molecule has 10 heavy (non-hydrogen) atoms. The predicted molar refractivity (Wildman–Crippen MR) is 38.3 cm³/mol. The Morgan fingerprint density at radius 2 is 2.60 bits per heavy atom. The summed E-state index contributed by atoms with van der Waals surface area (Å²) < 4.78 is 0. The van der Waals surface area contributed by atoms with Gasteiger partial charge in [-0.15, -0.1) is 11.3 Å². The average molecular weight is 153 g/mol. The van der Waals surface area contributed by atoms with Gasteiger partial charge in [-0.3, -0.25) is 0 Å². The Balaban J connectivity index is 2.39. The standard InChI is InChI=1S/C6H5N2OS/c9-6-7-3-5-4(8-6)1-2-10-5/h1-2H,3H2,(H,7,9). The summed E-state index contributed by atoms with van der Waals surface area (Å²) in [6.45, 7) is 0.634. The number of hydrogen-bond donors (Lipinski definition) is 1. The smallest absolute Gasteiger partial charge is 0.331 e. The number of carbonyl (C=O) groups is 1. The lowest BCUT2D eigenvalue weighted by molar-refractivity contribution is 0.242. The van der Waals surface area contributed by atoms with E-state index in [0.717, 1.165) is 10.6 Å². The third-order valence-corrected chi connectivity index (χ3v) is 2.25. The number of urea groups is 1. The van der Waals surface area contributed by atoms with Crippen molar-refractivity contribution in [3.05, 3.63) is 16.3 Å². The molecule has 1 radical (unpaired) electrons. The Labute approximate surface area is 62.1 Å². The Kier molecular flexibility index (Phi) is 1.14. The number of amides is 2. The van der Waals surface area contributed by atoms with Gasteiger partial charge in [-0.05, 0) is 11.4 Å². The van der Waals surface area contributed by atoms with Crippen LogP contribution >= 0.6 is 11.3 Å². The molecule has 1 aliphatic heterocycles. The quantitative estimate of drug-likeness (QED) is 0.598. The molecule has 1 aliphatic rings. The minimum absolute atomic E-state index is 0.231. The van der Waals surface area contributed by atoms with E-state index in [1.807, 2.05) is 11.4 Å². The maximum atomic E-state index is 10.7. The third-order valence-electron chi connectivity index (χ3n) is 1.34. The second-order valence-electron chi connectivity index (χ2n) is 2.00. The maximum Gasteiger partial charge on any atom is 0.341 e. The monoisotopic (exact) mass is 153 g/mol. The minimum Gasteiger partial charge on any atom is -0.331 e. The SMILES string of the molecule is O=C1[N]c2ccsc2CN1. The van der Waals surface area contributed by atoms with E-state index in [2.05, 4.69) is 10.6 Å². The van der Waals surface area contributed by atoms with Gasteiger partial charge in [0, 0.05) is 4.88 Å².